The van der Waals surface area contributed by atoms with Crippen LogP contribution in [0.2, 0.25) is 0 Å². The molecule has 0 aliphatic rings. The van der Waals surface area contributed by atoms with E-state index in [4.69, 9.17) is 94.7 Å². The Bertz CT molecular complexity index is 3710. The quantitative estimate of drug-likeness (QED) is 0.0276. The number of rotatable bonds is 46. The van der Waals surface area contributed by atoms with Gasteiger partial charge in [0.1, 0.15) is 26.4 Å². The molecule has 4 atom stereocenters. The van der Waals surface area contributed by atoms with Crippen LogP contribution in [0.25, 0.3) is 0 Å². The van der Waals surface area contributed by atoms with E-state index in [2.05, 4.69) is 0 Å². The van der Waals surface area contributed by atoms with E-state index in [1.165, 1.54) is 0 Å². The van der Waals surface area contributed by atoms with E-state index < -0.39 is 0 Å². The Kier molecular flexibility index (Phi) is 34.6. The van der Waals surface area contributed by atoms with E-state index in [-0.39, 0.29) is 76.5 Å². The summed E-state index contributed by atoms with van der Waals surface area (Å²) in [5.74, 6) is 11.0. The number of benzene rings is 8. The molecule has 0 fully saturated rings. The molecule has 8 aromatic carbocycles. The first-order valence-electron chi connectivity index (χ1n) is 35.4. The zero-order chi connectivity index (χ0) is 78.1. The standard InChI is InChI=1S/2C42H54O12/c2*1-45-35-18-27(11-13-33(35)53-25-29-20-37(47-3)41(51-7)38(21-29)48-4)16-31(10-9-15-43)32(24-44)17-28-12-14-34(36(19-28)46-2)54-26-30-22-39(49-5)42(52-8)40(23-30)50-6/h2*11-14,18-23,31-32,43-44H,9-10,15-17,24-26H2,1-8H3/t2*31-,32+/m10/s1. The van der Waals surface area contributed by atoms with Crippen molar-refractivity contribution in [2.24, 2.45) is 23.7 Å². The van der Waals surface area contributed by atoms with Gasteiger partial charge < -0.3 is 115 Å². The molecule has 8 aromatic rings. The molecule has 0 saturated carbocycles. The largest absolute Gasteiger partial charge is 0.493 e. The van der Waals surface area contributed by atoms with Crippen molar-refractivity contribution in [2.75, 3.05) is 140 Å². The van der Waals surface area contributed by atoms with E-state index in [0.717, 1.165) is 57.3 Å². The van der Waals surface area contributed by atoms with Crippen molar-refractivity contribution < 1.29 is 115 Å². The van der Waals surface area contributed by atoms with Crippen molar-refractivity contribution in [3.05, 3.63) is 166 Å². The molecule has 0 aromatic heterocycles. The molecule has 108 heavy (non-hydrogen) atoms. The van der Waals surface area contributed by atoms with Gasteiger partial charge in [-0.15, -0.1) is 0 Å². The van der Waals surface area contributed by atoms with Gasteiger partial charge in [0.25, 0.3) is 0 Å². The second-order valence-corrected chi connectivity index (χ2v) is 25.2. The third kappa shape index (κ3) is 22.8. The zero-order valence-corrected chi connectivity index (χ0v) is 65.1. The fourth-order valence-corrected chi connectivity index (χ4v) is 13.0. The van der Waals surface area contributed by atoms with Gasteiger partial charge in [-0.05, 0) is 217 Å². The summed E-state index contributed by atoms with van der Waals surface area (Å²) in [4.78, 5) is 0. The van der Waals surface area contributed by atoms with Crippen LogP contribution in [0, 0.1) is 23.7 Å². The summed E-state index contributed by atoms with van der Waals surface area (Å²) in [6, 6.07) is 38.1. The Labute approximate surface area is 634 Å². The van der Waals surface area contributed by atoms with Gasteiger partial charge in [-0.25, -0.2) is 0 Å². The van der Waals surface area contributed by atoms with E-state index in [9.17, 15) is 20.4 Å². The van der Waals surface area contributed by atoms with Gasteiger partial charge in [0.2, 0.25) is 23.0 Å². The highest BCUT2D eigenvalue weighted by atomic mass is 16.6. The lowest BCUT2D eigenvalue weighted by molar-refractivity contribution is 0.158. The molecule has 0 amide bonds. The Balaban J connectivity index is 0.000000301. The predicted molar refractivity (Wildman–Crippen MR) is 409 cm³/mol. The molecule has 4 N–H and O–H groups in total. The molecule has 0 aliphatic heterocycles. The summed E-state index contributed by atoms with van der Waals surface area (Å²) >= 11 is 0. The number of methoxy groups -OCH3 is 16. The highest BCUT2D eigenvalue weighted by Crippen LogP contribution is 2.45. The fraction of sp³-hybridized carbons (Fsp3) is 0.429. The molecule has 588 valence electrons. The summed E-state index contributed by atoms with van der Waals surface area (Å²) in [5, 5.41) is 40.8. The Morgan fingerprint density at radius 3 is 0.565 bits per heavy atom. The number of ether oxygens (including phenoxy) is 20. The lowest BCUT2D eigenvalue weighted by Gasteiger charge is -2.27. The molecule has 0 unspecified atom stereocenters. The van der Waals surface area contributed by atoms with Crippen LogP contribution < -0.4 is 94.7 Å². The fourth-order valence-electron chi connectivity index (χ4n) is 13.0. The zero-order valence-electron chi connectivity index (χ0n) is 65.1. The summed E-state index contributed by atoms with van der Waals surface area (Å²) in [6.07, 6.45) is 5.24. The van der Waals surface area contributed by atoms with Crippen LogP contribution in [0.4, 0.5) is 0 Å². The highest BCUT2D eigenvalue weighted by molar-refractivity contribution is 5.58. The van der Waals surface area contributed by atoms with Gasteiger partial charge in [0.05, 0.1) is 114 Å². The van der Waals surface area contributed by atoms with Crippen molar-refractivity contribution in [3.63, 3.8) is 0 Å². The average Bonchev–Trinajstić information content (AvgIpc) is 0.836. The topological polar surface area (TPSA) is 266 Å². The van der Waals surface area contributed by atoms with Gasteiger partial charge in [-0.1, -0.05) is 24.3 Å². The predicted octanol–water partition coefficient (Wildman–Crippen LogP) is 13.4. The molecule has 0 heterocycles. The van der Waals surface area contributed by atoms with E-state index in [1.807, 2.05) is 121 Å². The lowest BCUT2D eigenvalue weighted by Crippen LogP contribution is -2.23. The Hall–Kier alpha value is -10.4. The normalized spacial score (nSPS) is 12.0. The van der Waals surface area contributed by atoms with Crippen molar-refractivity contribution in [2.45, 2.75) is 77.8 Å². The van der Waals surface area contributed by atoms with E-state index in [1.54, 1.807) is 114 Å². The summed E-state index contributed by atoms with van der Waals surface area (Å²) in [5.41, 5.74) is 7.37. The second-order valence-electron chi connectivity index (χ2n) is 25.2. The monoisotopic (exact) mass is 1500 g/mol. The van der Waals surface area contributed by atoms with Crippen LogP contribution in [0.5, 0.6) is 115 Å². The van der Waals surface area contributed by atoms with Gasteiger partial charge in [-0.3, -0.25) is 0 Å². The number of aliphatic hydroxyl groups excluding tert-OH is 4. The van der Waals surface area contributed by atoms with Gasteiger partial charge in [0.15, 0.2) is 92.0 Å². The molecule has 24 nitrogen and oxygen atoms in total. The molecule has 0 bridgehead atoms. The van der Waals surface area contributed by atoms with Gasteiger partial charge >= 0.3 is 0 Å². The molecular weight excluding hydrogens is 1390 g/mol. The summed E-state index contributed by atoms with van der Waals surface area (Å²) in [6.45, 7) is 1.07. The maximum atomic E-state index is 10.7. The first kappa shape index (κ1) is 84.9. The van der Waals surface area contributed by atoms with E-state index in [0.29, 0.717) is 154 Å². The van der Waals surface area contributed by atoms with Crippen LogP contribution >= 0.6 is 0 Å². The lowest BCUT2D eigenvalue weighted by atomic mass is 9.80. The van der Waals surface area contributed by atoms with Crippen molar-refractivity contribution in [1.29, 1.82) is 0 Å². The average molecular weight is 1500 g/mol. The Morgan fingerprint density at radius 2 is 0.398 bits per heavy atom. The van der Waals surface area contributed by atoms with Crippen LogP contribution in [0.3, 0.4) is 0 Å². The summed E-state index contributed by atoms with van der Waals surface area (Å²) < 4.78 is 113. The first-order chi connectivity index (χ1) is 52.6. The van der Waals surface area contributed by atoms with E-state index >= 15 is 0 Å². The van der Waals surface area contributed by atoms with Crippen LogP contribution in [0.15, 0.2) is 121 Å². The van der Waals surface area contributed by atoms with Crippen molar-refractivity contribution >= 4 is 0 Å². The van der Waals surface area contributed by atoms with Crippen molar-refractivity contribution in [1.82, 2.24) is 0 Å². The molecule has 8 rings (SSSR count). The van der Waals surface area contributed by atoms with Crippen LogP contribution in [0.1, 0.15) is 70.2 Å². The molecular formula is C84H108O24. The first-order valence-corrected chi connectivity index (χ1v) is 35.4. The minimum Gasteiger partial charge on any atom is -0.493 e. The van der Waals surface area contributed by atoms with Crippen molar-refractivity contribution in [3.8, 4) is 115 Å². The highest BCUT2D eigenvalue weighted by Gasteiger charge is 2.27. The minimum absolute atomic E-state index is 0.0229. The molecule has 0 saturated heterocycles. The number of aliphatic hydroxyl groups is 4. The SMILES string of the molecule is COc1cc(C[C@@H](CO)[C@H](CCCO)Cc2ccc(OCc3cc(OC)c(OC)c(OC)c3)c(OC)c2)ccc1OCc1cc(OC)c(OC)c(OC)c1.COc1cc(C[C@H](CO)[C@@H](CCCO)Cc2ccc(OCc3cc(OC)c(OC)c(OC)c3)c(OC)c2)ccc1OCc1cc(OC)c(OC)c(OC)c1. The third-order valence-corrected chi connectivity index (χ3v) is 18.6. The second kappa shape index (κ2) is 44.0. The third-order valence-electron chi connectivity index (χ3n) is 18.6. The van der Waals surface area contributed by atoms with Crippen LogP contribution in [-0.2, 0) is 52.1 Å². The van der Waals surface area contributed by atoms with Crippen LogP contribution in [-0.4, -0.2) is 161 Å². The smallest absolute Gasteiger partial charge is 0.203 e. The molecule has 0 spiro atoms. The summed E-state index contributed by atoms with van der Waals surface area (Å²) in [7, 11) is 25.2. The number of hydrogen-bond acceptors (Lipinski definition) is 24. The molecule has 0 radical (unpaired) electrons. The minimum atomic E-state index is -0.0887. The van der Waals surface area contributed by atoms with Gasteiger partial charge in [-0.2, -0.15) is 0 Å². The number of hydrogen-bond donors (Lipinski definition) is 4. The van der Waals surface area contributed by atoms with Gasteiger partial charge in [0, 0.05) is 26.4 Å². The molecule has 24 heteroatoms. The molecule has 0 aliphatic carbocycles. The maximum absolute atomic E-state index is 10.7. The maximum Gasteiger partial charge on any atom is 0.203 e. The Morgan fingerprint density at radius 1 is 0.213 bits per heavy atom.